The molecule has 2 aromatic heterocycles. The predicted molar refractivity (Wildman–Crippen MR) is 132 cm³/mol. The lowest BCUT2D eigenvalue weighted by Crippen LogP contribution is -2.27. The van der Waals surface area contributed by atoms with Crippen LogP contribution in [0, 0.1) is 11.8 Å². The summed E-state index contributed by atoms with van der Waals surface area (Å²) in [6, 6.07) is 4.61. The number of fused-ring (bicyclic) bond motifs is 1. The number of benzene rings is 1. The average molecular weight is 578 g/mol. The Morgan fingerprint density at radius 1 is 1.05 bits per heavy atom. The summed E-state index contributed by atoms with van der Waals surface area (Å²) in [6.07, 6.45) is -1.50. The number of anilines is 1. The summed E-state index contributed by atoms with van der Waals surface area (Å²) >= 11 is 5.70. The van der Waals surface area contributed by atoms with Crippen molar-refractivity contribution in [3.05, 3.63) is 94.2 Å². The first-order valence-electron chi connectivity index (χ1n) is 11.6. The zero-order chi connectivity index (χ0) is 28.6. The van der Waals surface area contributed by atoms with Crippen molar-refractivity contribution in [2.24, 2.45) is 11.8 Å². The topological polar surface area (TPSA) is 88.9 Å². The molecule has 7 nitrogen and oxygen atoms in total. The van der Waals surface area contributed by atoms with E-state index in [4.69, 9.17) is 11.6 Å². The summed E-state index contributed by atoms with van der Waals surface area (Å²) in [5, 5.41) is 8.06. The Bertz CT molecular complexity index is 1750. The fraction of sp³-hybridized carbons (Fsp3) is 0.154. The second-order valence-electron chi connectivity index (χ2n) is 9.18. The summed E-state index contributed by atoms with van der Waals surface area (Å²) in [5.41, 5.74) is -2.70. The Balaban J connectivity index is 1.38. The summed E-state index contributed by atoms with van der Waals surface area (Å²) in [4.78, 5) is 28.6. The van der Waals surface area contributed by atoms with Gasteiger partial charge in [0.2, 0.25) is 0 Å². The molecule has 6 rings (SSSR count). The van der Waals surface area contributed by atoms with E-state index in [1.54, 1.807) is 18.2 Å². The van der Waals surface area contributed by atoms with Crippen LogP contribution in [-0.2, 0) is 17.1 Å². The van der Waals surface area contributed by atoms with Crippen LogP contribution in [0.5, 0.6) is 0 Å². The number of hydrogen-bond acceptors (Lipinski definition) is 4. The van der Waals surface area contributed by atoms with Crippen LogP contribution in [0.2, 0.25) is 5.15 Å². The fourth-order valence-corrected chi connectivity index (χ4v) is 5.35. The van der Waals surface area contributed by atoms with E-state index in [2.05, 4.69) is 20.7 Å². The van der Waals surface area contributed by atoms with Crippen molar-refractivity contribution in [2.75, 3.05) is 5.32 Å². The summed E-state index contributed by atoms with van der Waals surface area (Å²) in [7, 11) is 0. The molecule has 3 aromatic rings. The molecule has 0 radical (unpaired) electrons. The minimum absolute atomic E-state index is 0.0691. The minimum atomic E-state index is -5.04. The molecule has 1 aliphatic heterocycles. The number of pyridine rings is 1. The van der Waals surface area contributed by atoms with Crippen molar-refractivity contribution in [1.29, 1.82) is 0 Å². The molecule has 0 saturated carbocycles. The molecule has 14 heteroatoms. The molecule has 2 N–H and O–H groups in total. The largest absolute Gasteiger partial charge is 0.434 e. The van der Waals surface area contributed by atoms with E-state index in [0.717, 1.165) is 12.3 Å². The number of halogens is 7. The van der Waals surface area contributed by atoms with Crippen molar-refractivity contribution >= 4 is 45.6 Å². The minimum Gasteiger partial charge on any atom is -0.325 e. The van der Waals surface area contributed by atoms with E-state index < -0.39 is 57.6 Å². The van der Waals surface area contributed by atoms with E-state index in [1.807, 2.05) is 0 Å². The van der Waals surface area contributed by atoms with Crippen molar-refractivity contribution in [1.82, 2.24) is 20.1 Å². The molecule has 0 bridgehead atoms. The standard InChI is InChI=1S/C26H14ClF6N5O2/c27-19-8-11-4-5-12(9-15(11)21(37-19)25(28,29)30)35-24(40)16-10-34-38(22(16)26(31,32)33)18-7-6-17-20-13(18)2-1-3-14(20)23(39)36-17/h1-10,13,20H,(H,35,40)(H,36,39). The second kappa shape index (κ2) is 8.81. The van der Waals surface area contributed by atoms with Crippen LogP contribution in [-0.4, -0.2) is 26.6 Å². The van der Waals surface area contributed by atoms with Gasteiger partial charge in [-0.2, -0.15) is 31.4 Å². The lowest BCUT2D eigenvalue weighted by atomic mass is 9.77. The molecular weight excluding hydrogens is 564 g/mol. The Labute approximate surface area is 225 Å². The molecule has 3 aliphatic rings. The van der Waals surface area contributed by atoms with Gasteiger partial charge in [-0.1, -0.05) is 35.9 Å². The highest BCUT2D eigenvalue weighted by Gasteiger charge is 2.46. The Kier molecular flexibility index (Phi) is 5.70. The maximum Gasteiger partial charge on any atom is 0.434 e. The quantitative estimate of drug-likeness (QED) is 0.296. The van der Waals surface area contributed by atoms with Crippen molar-refractivity contribution in [3.63, 3.8) is 0 Å². The van der Waals surface area contributed by atoms with Gasteiger partial charge in [-0.3, -0.25) is 9.59 Å². The first-order valence-corrected chi connectivity index (χ1v) is 12.0. The predicted octanol–water partition coefficient (Wildman–Crippen LogP) is 5.97. The molecule has 1 aromatic carbocycles. The van der Waals surface area contributed by atoms with Gasteiger partial charge < -0.3 is 10.6 Å². The summed E-state index contributed by atoms with van der Waals surface area (Å²) < 4.78 is 84.3. The van der Waals surface area contributed by atoms with Crippen LogP contribution >= 0.6 is 11.6 Å². The third-order valence-electron chi connectivity index (χ3n) is 6.77. The Hall–Kier alpha value is -4.39. The van der Waals surface area contributed by atoms with Crippen LogP contribution in [0.1, 0.15) is 21.7 Å². The van der Waals surface area contributed by atoms with Crippen LogP contribution in [0.25, 0.3) is 16.5 Å². The number of hydrogen-bond donors (Lipinski definition) is 2. The van der Waals surface area contributed by atoms with Crippen LogP contribution < -0.4 is 10.6 Å². The van der Waals surface area contributed by atoms with E-state index in [0.29, 0.717) is 16.0 Å². The van der Waals surface area contributed by atoms with Gasteiger partial charge in [0, 0.05) is 34.2 Å². The molecule has 2 unspecified atom stereocenters. The van der Waals surface area contributed by atoms with E-state index >= 15 is 0 Å². The van der Waals surface area contributed by atoms with Gasteiger partial charge in [0.05, 0.1) is 17.5 Å². The molecule has 40 heavy (non-hydrogen) atoms. The van der Waals surface area contributed by atoms with Crippen LogP contribution in [0.4, 0.5) is 32.0 Å². The number of alkyl halides is 6. The number of carbonyl (C=O) groups excluding carboxylic acids is 2. The Morgan fingerprint density at radius 2 is 1.82 bits per heavy atom. The van der Waals surface area contributed by atoms with Gasteiger partial charge in [-0.05, 0) is 35.7 Å². The van der Waals surface area contributed by atoms with Gasteiger partial charge >= 0.3 is 12.4 Å². The number of allylic oxidation sites excluding steroid dienone is 7. The normalized spacial score (nSPS) is 20.1. The second-order valence-corrected chi connectivity index (χ2v) is 9.56. The zero-order valence-corrected chi connectivity index (χ0v) is 20.5. The van der Waals surface area contributed by atoms with Crippen LogP contribution in [0.15, 0.2) is 72.1 Å². The summed E-state index contributed by atoms with van der Waals surface area (Å²) in [6.45, 7) is 0. The smallest absolute Gasteiger partial charge is 0.325 e. The fourth-order valence-electron chi connectivity index (χ4n) is 5.15. The highest BCUT2D eigenvalue weighted by Crippen LogP contribution is 2.45. The lowest BCUT2D eigenvalue weighted by molar-refractivity contribution is -0.143. The third-order valence-corrected chi connectivity index (χ3v) is 6.97. The number of aromatic nitrogens is 3. The first-order chi connectivity index (χ1) is 18.8. The molecule has 204 valence electrons. The number of nitrogens with one attached hydrogen (secondary N) is 2. The van der Waals surface area contributed by atoms with Gasteiger partial charge in [0.15, 0.2) is 11.4 Å². The highest BCUT2D eigenvalue weighted by atomic mass is 35.5. The number of rotatable bonds is 3. The van der Waals surface area contributed by atoms with Gasteiger partial charge in [-0.15, -0.1) is 0 Å². The molecule has 1 saturated heterocycles. The van der Waals surface area contributed by atoms with Crippen molar-refractivity contribution in [3.8, 4) is 0 Å². The van der Waals surface area contributed by atoms with Crippen molar-refractivity contribution in [2.45, 2.75) is 12.4 Å². The summed E-state index contributed by atoms with van der Waals surface area (Å²) in [5.74, 6) is -2.78. The number of nitrogens with zero attached hydrogens (tertiary/aromatic N) is 3. The molecule has 2 aliphatic carbocycles. The molecule has 2 amide bonds. The maximum atomic E-state index is 14.4. The molecule has 3 heterocycles. The average Bonchev–Trinajstić information content (AvgIpc) is 3.46. The van der Waals surface area contributed by atoms with Gasteiger partial charge in [-0.25, -0.2) is 9.67 Å². The van der Waals surface area contributed by atoms with Gasteiger partial charge in [0.25, 0.3) is 11.8 Å². The molecular formula is C26H14ClF6N5O2. The molecule has 1 fully saturated rings. The lowest BCUT2D eigenvalue weighted by Gasteiger charge is -2.30. The highest BCUT2D eigenvalue weighted by molar-refractivity contribution is 6.30. The first kappa shape index (κ1) is 25.9. The zero-order valence-electron chi connectivity index (χ0n) is 19.7. The number of carbonyl (C=O) groups is 2. The monoisotopic (exact) mass is 577 g/mol. The Morgan fingerprint density at radius 3 is 2.55 bits per heavy atom. The molecule has 0 spiro atoms. The third kappa shape index (κ3) is 4.17. The van der Waals surface area contributed by atoms with Crippen LogP contribution in [0.3, 0.4) is 0 Å². The van der Waals surface area contributed by atoms with E-state index in [-0.39, 0.29) is 22.7 Å². The van der Waals surface area contributed by atoms with E-state index in [1.165, 1.54) is 30.4 Å². The van der Waals surface area contributed by atoms with Crippen molar-refractivity contribution < 1.29 is 35.9 Å². The maximum absolute atomic E-state index is 14.4. The van der Waals surface area contributed by atoms with E-state index in [9.17, 15) is 35.9 Å². The van der Waals surface area contributed by atoms with Gasteiger partial charge in [0.1, 0.15) is 5.15 Å². The number of amides is 2. The molecule has 2 atom stereocenters. The SMILES string of the molecule is O=C1NC2=CC=C(n3ncc(C(=O)Nc4ccc5cc(Cl)nc(C(F)(F)F)c5c4)c3C(F)(F)F)C3C=CC=C1C23.